The van der Waals surface area contributed by atoms with Crippen LogP contribution in [0.5, 0.6) is 5.75 Å². The highest BCUT2D eigenvalue weighted by Gasteiger charge is 2.44. The molecule has 0 radical (unpaired) electrons. The first-order valence-corrected chi connectivity index (χ1v) is 15.6. The zero-order valence-corrected chi connectivity index (χ0v) is 21.6. The van der Waals surface area contributed by atoms with Crippen molar-refractivity contribution < 1.29 is 22.1 Å². The molecule has 2 aromatic carbocycles. The molecule has 2 aromatic rings. The Bertz CT molecular complexity index is 844. The van der Waals surface area contributed by atoms with E-state index >= 15 is 0 Å². The van der Waals surface area contributed by atoms with E-state index in [1.807, 2.05) is 45.0 Å². The predicted octanol–water partition coefficient (Wildman–Crippen LogP) is 5.11. The van der Waals surface area contributed by atoms with Gasteiger partial charge in [-0.05, 0) is 51.3 Å². The van der Waals surface area contributed by atoms with Crippen LogP contribution in [0.2, 0.25) is 12.1 Å². The Hall–Kier alpha value is -1.75. The first kappa shape index (κ1) is 24.9. The molecule has 7 heteroatoms. The number of rotatable bonds is 13. The fraction of sp³-hybridized carbons (Fsp3) is 0.440. The van der Waals surface area contributed by atoms with Crippen molar-refractivity contribution in [3.05, 3.63) is 72.3 Å². The van der Waals surface area contributed by atoms with Gasteiger partial charge in [0.05, 0.1) is 6.61 Å². The first-order chi connectivity index (χ1) is 15.6. The van der Waals surface area contributed by atoms with Crippen molar-refractivity contribution >= 4 is 22.6 Å². The smallest absolute Gasteiger partial charge is 0.500 e. The lowest BCUT2D eigenvalue weighted by molar-refractivity contribution is 0.0708. The molecule has 0 saturated carbocycles. The highest BCUT2D eigenvalue weighted by molar-refractivity contribution is 6.82. The van der Waals surface area contributed by atoms with E-state index in [9.17, 15) is 0 Å². The van der Waals surface area contributed by atoms with Gasteiger partial charge in [0, 0.05) is 42.7 Å². The SMILES string of the molecule is C=CC[Si]1(c2ccccc2)OCc2cc(CCC[Si](OCC)(OCC)OCC)ccc2O1. The summed E-state index contributed by atoms with van der Waals surface area (Å²) in [5.74, 6) is 0.930. The molecule has 32 heavy (non-hydrogen) atoms. The number of hydrogen-bond acceptors (Lipinski definition) is 5. The summed E-state index contributed by atoms with van der Waals surface area (Å²) >= 11 is 0. The van der Waals surface area contributed by atoms with Gasteiger partial charge in [0.2, 0.25) is 0 Å². The van der Waals surface area contributed by atoms with Crippen molar-refractivity contribution in [2.24, 2.45) is 0 Å². The summed E-state index contributed by atoms with van der Waals surface area (Å²) in [5.41, 5.74) is 2.37. The van der Waals surface area contributed by atoms with Crippen LogP contribution in [-0.4, -0.2) is 37.2 Å². The lowest BCUT2D eigenvalue weighted by Gasteiger charge is -2.36. The van der Waals surface area contributed by atoms with Crippen LogP contribution in [0.25, 0.3) is 0 Å². The highest BCUT2D eigenvalue weighted by Crippen LogP contribution is 2.32. The highest BCUT2D eigenvalue weighted by atomic mass is 28.4. The molecule has 0 aliphatic carbocycles. The van der Waals surface area contributed by atoms with E-state index in [0.29, 0.717) is 26.4 Å². The van der Waals surface area contributed by atoms with Gasteiger partial charge in [-0.3, -0.25) is 0 Å². The molecule has 174 valence electrons. The summed E-state index contributed by atoms with van der Waals surface area (Å²) in [5, 5.41) is 1.14. The Morgan fingerprint density at radius 1 is 1.00 bits per heavy atom. The van der Waals surface area contributed by atoms with Crippen molar-refractivity contribution in [1.82, 2.24) is 0 Å². The van der Waals surface area contributed by atoms with Gasteiger partial charge in [-0.25, -0.2) is 0 Å². The van der Waals surface area contributed by atoms with Crippen LogP contribution in [0.15, 0.2) is 61.2 Å². The molecule has 0 saturated heterocycles. The topological polar surface area (TPSA) is 46.2 Å². The van der Waals surface area contributed by atoms with Gasteiger partial charge in [0.15, 0.2) is 0 Å². The van der Waals surface area contributed by atoms with Crippen LogP contribution in [0.3, 0.4) is 0 Å². The minimum Gasteiger partial charge on any atom is -0.517 e. The molecule has 1 atom stereocenters. The Balaban J connectivity index is 1.69. The quantitative estimate of drug-likeness (QED) is 0.299. The zero-order valence-electron chi connectivity index (χ0n) is 19.6. The summed E-state index contributed by atoms with van der Waals surface area (Å²) in [4.78, 5) is 0. The first-order valence-electron chi connectivity index (χ1n) is 11.6. The average Bonchev–Trinajstić information content (AvgIpc) is 2.80. The third kappa shape index (κ3) is 5.98. The van der Waals surface area contributed by atoms with E-state index < -0.39 is 17.4 Å². The molecular weight excluding hydrogens is 436 g/mol. The predicted molar refractivity (Wildman–Crippen MR) is 132 cm³/mol. The van der Waals surface area contributed by atoms with Gasteiger partial charge >= 0.3 is 17.4 Å². The second-order valence-electron chi connectivity index (χ2n) is 7.78. The largest absolute Gasteiger partial charge is 0.517 e. The van der Waals surface area contributed by atoms with Gasteiger partial charge in [0.25, 0.3) is 0 Å². The normalized spacial score (nSPS) is 18.1. The van der Waals surface area contributed by atoms with Crippen molar-refractivity contribution in [2.45, 2.75) is 52.3 Å². The molecule has 0 amide bonds. The maximum absolute atomic E-state index is 6.55. The molecule has 1 unspecified atom stereocenters. The molecule has 1 aliphatic heterocycles. The molecule has 0 aromatic heterocycles. The Morgan fingerprint density at radius 2 is 1.69 bits per heavy atom. The van der Waals surface area contributed by atoms with Crippen LogP contribution in [-0.2, 0) is 30.7 Å². The van der Waals surface area contributed by atoms with Crippen molar-refractivity contribution in [3.8, 4) is 5.75 Å². The van der Waals surface area contributed by atoms with Crippen molar-refractivity contribution in [2.75, 3.05) is 19.8 Å². The van der Waals surface area contributed by atoms with Crippen LogP contribution in [0, 0.1) is 0 Å². The summed E-state index contributed by atoms with van der Waals surface area (Å²) in [6.45, 7) is 12.3. The molecule has 1 heterocycles. The fourth-order valence-corrected chi connectivity index (χ4v) is 9.57. The summed E-state index contributed by atoms with van der Waals surface area (Å²) in [7, 11) is -5.16. The molecule has 5 nitrogen and oxygen atoms in total. The lowest BCUT2D eigenvalue weighted by atomic mass is 10.1. The molecular formula is C25H36O5Si2. The molecule has 0 bridgehead atoms. The van der Waals surface area contributed by atoms with Crippen molar-refractivity contribution in [3.63, 3.8) is 0 Å². The fourth-order valence-electron chi connectivity index (χ4n) is 4.16. The third-order valence-corrected chi connectivity index (χ3v) is 11.9. The second kappa shape index (κ2) is 11.9. The summed E-state index contributed by atoms with van der Waals surface area (Å²) in [6.07, 6.45) is 3.79. The third-order valence-electron chi connectivity index (χ3n) is 5.53. The van der Waals surface area contributed by atoms with E-state index in [4.69, 9.17) is 22.1 Å². The molecule has 0 fully saturated rings. The van der Waals surface area contributed by atoms with Crippen LogP contribution in [0.1, 0.15) is 38.3 Å². The zero-order chi connectivity index (χ0) is 22.9. The van der Waals surface area contributed by atoms with Gasteiger partial charge in [0.1, 0.15) is 5.75 Å². The van der Waals surface area contributed by atoms with E-state index in [-0.39, 0.29) is 0 Å². The van der Waals surface area contributed by atoms with Crippen molar-refractivity contribution in [1.29, 1.82) is 0 Å². The van der Waals surface area contributed by atoms with Crippen LogP contribution >= 0.6 is 0 Å². The van der Waals surface area contributed by atoms with Gasteiger partial charge < -0.3 is 22.1 Å². The maximum atomic E-state index is 6.55. The number of aryl methyl sites for hydroxylation is 1. The van der Waals surface area contributed by atoms with Gasteiger partial charge in [-0.15, -0.1) is 6.58 Å². The summed E-state index contributed by atoms with van der Waals surface area (Å²) < 4.78 is 30.9. The monoisotopic (exact) mass is 472 g/mol. The lowest BCUT2D eigenvalue weighted by Crippen LogP contribution is -2.57. The van der Waals surface area contributed by atoms with E-state index in [1.165, 1.54) is 5.56 Å². The number of hydrogen-bond donors (Lipinski definition) is 0. The van der Waals surface area contributed by atoms with Gasteiger partial charge in [-0.1, -0.05) is 42.5 Å². The van der Waals surface area contributed by atoms with E-state index in [0.717, 1.165) is 41.4 Å². The number of benzene rings is 2. The minimum absolute atomic E-state index is 0.563. The van der Waals surface area contributed by atoms with E-state index in [1.54, 1.807) is 0 Å². The number of fused-ring (bicyclic) bond motifs is 1. The molecule has 1 aliphatic rings. The average molecular weight is 473 g/mol. The standard InChI is InChI=1S/C25H36O5Si2/c1-5-18-31(24-14-10-9-11-15-24)29-21-23-20-22(16-17-25(23)30-31)13-12-19-32(26-6-2,27-7-3)28-8-4/h5,9-11,14-17,20H,1,6-8,12-13,18-19,21H2,2-4H3. The van der Waals surface area contributed by atoms with Crippen LogP contribution in [0.4, 0.5) is 0 Å². The summed E-state index contributed by atoms with van der Waals surface area (Å²) in [6, 6.07) is 18.3. The number of allylic oxidation sites excluding steroid dienone is 1. The molecule has 0 N–H and O–H groups in total. The van der Waals surface area contributed by atoms with Gasteiger partial charge in [-0.2, -0.15) is 0 Å². The Labute approximate surface area is 194 Å². The second-order valence-corrected chi connectivity index (χ2v) is 13.5. The minimum atomic E-state index is -2.60. The Morgan fingerprint density at radius 3 is 2.31 bits per heavy atom. The molecule has 3 rings (SSSR count). The maximum Gasteiger partial charge on any atom is 0.500 e. The van der Waals surface area contributed by atoms with E-state index in [2.05, 4.69) is 36.9 Å². The van der Waals surface area contributed by atoms with Crippen LogP contribution < -0.4 is 9.61 Å². The molecule has 0 spiro atoms. The Kier molecular flexibility index (Phi) is 9.27.